The van der Waals surface area contributed by atoms with E-state index in [0.717, 1.165) is 27.2 Å². The molecule has 4 aromatic rings. The summed E-state index contributed by atoms with van der Waals surface area (Å²) in [5.74, 6) is 0. The number of rotatable bonds is 4. The van der Waals surface area contributed by atoms with Crippen LogP contribution in [0.4, 0.5) is 5.69 Å². The van der Waals surface area contributed by atoms with Gasteiger partial charge < -0.3 is 14.8 Å². The predicted octanol–water partition coefficient (Wildman–Crippen LogP) is 6.12. The summed E-state index contributed by atoms with van der Waals surface area (Å²) in [6.45, 7) is 2.10. The fraction of sp³-hybridized carbons (Fsp3) is 0.120. The maximum Gasteiger partial charge on any atom is 0.174 e. The predicted molar refractivity (Wildman–Crippen MR) is 133 cm³/mol. The number of nitrogens with zero attached hydrogens (tertiary/aromatic N) is 3. The van der Waals surface area contributed by atoms with Crippen molar-refractivity contribution in [3.8, 4) is 5.69 Å². The molecule has 1 aliphatic heterocycles. The van der Waals surface area contributed by atoms with Gasteiger partial charge in [-0.15, -0.1) is 0 Å². The van der Waals surface area contributed by atoms with Crippen molar-refractivity contribution in [3.05, 3.63) is 113 Å². The van der Waals surface area contributed by atoms with Crippen LogP contribution in [-0.2, 0) is 0 Å². The number of pyridine rings is 1. The van der Waals surface area contributed by atoms with E-state index in [1.54, 1.807) is 0 Å². The maximum absolute atomic E-state index is 5.83. The first kappa shape index (κ1) is 20.0. The normalized spacial score (nSPS) is 18.3. The van der Waals surface area contributed by atoms with E-state index in [0.29, 0.717) is 5.11 Å². The Morgan fingerprint density at radius 3 is 2.35 bits per heavy atom. The van der Waals surface area contributed by atoms with E-state index < -0.39 is 0 Å². The molecule has 154 valence electrons. The highest BCUT2D eigenvalue weighted by atomic mass is 79.9. The third-order valence-electron chi connectivity index (χ3n) is 5.60. The van der Waals surface area contributed by atoms with Gasteiger partial charge in [0, 0.05) is 33.9 Å². The van der Waals surface area contributed by atoms with E-state index in [9.17, 15) is 0 Å². The first-order chi connectivity index (χ1) is 15.1. The monoisotopic (exact) mass is 488 g/mol. The molecule has 3 heterocycles. The Kier molecular flexibility index (Phi) is 5.34. The third-order valence-corrected chi connectivity index (χ3v) is 6.44. The molecule has 1 N–H and O–H groups in total. The van der Waals surface area contributed by atoms with Crippen molar-refractivity contribution in [1.82, 2.24) is 14.9 Å². The molecular formula is C25H21BrN4S. The van der Waals surface area contributed by atoms with Crippen LogP contribution in [0.5, 0.6) is 0 Å². The maximum atomic E-state index is 5.83. The second kappa shape index (κ2) is 8.29. The fourth-order valence-electron chi connectivity index (χ4n) is 4.11. The molecule has 1 aliphatic rings. The van der Waals surface area contributed by atoms with Gasteiger partial charge in [0.25, 0.3) is 0 Å². The number of hydrogen-bond donors (Lipinski definition) is 1. The minimum Gasteiger partial charge on any atom is -0.351 e. The zero-order valence-electron chi connectivity index (χ0n) is 16.9. The van der Waals surface area contributed by atoms with Gasteiger partial charge in [0.15, 0.2) is 5.11 Å². The lowest BCUT2D eigenvalue weighted by Gasteiger charge is -2.29. The standard InChI is InChI=1S/C25H21BrN4S/c1-17-7-11-19(12-8-17)29-16-4-6-22(29)24-23(21-5-2-3-15-27-21)28-25(31)30(24)20-13-9-18(26)10-14-20/h2-16,23-24H,1H3,(H,28,31)/t23-,24+/m0/s1. The molecule has 2 aromatic carbocycles. The number of aryl methyl sites for hydroxylation is 1. The minimum atomic E-state index is -0.0727. The Morgan fingerprint density at radius 2 is 1.65 bits per heavy atom. The summed E-state index contributed by atoms with van der Waals surface area (Å²) < 4.78 is 3.27. The molecular weight excluding hydrogens is 468 g/mol. The summed E-state index contributed by atoms with van der Waals surface area (Å²) in [6, 6.07) is 27.0. The van der Waals surface area contributed by atoms with Crippen LogP contribution >= 0.6 is 28.1 Å². The summed E-state index contributed by atoms with van der Waals surface area (Å²) >= 11 is 9.37. The van der Waals surface area contributed by atoms with Crippen LogP contribution in [0.3, 0.4) is 0 Å². The van der Waals surface area contributed by atoms with Crippen LogP contribution in [0.2, 0.25) is 0 Å². The zero-order valence-corrected chi connectivity index (χ0v) is 19.3. The number of halogens is 1. The van der Waals surface area contributed by atoms with Crippen molar-refractivity contribution in [3.63, 3.8) is 0 Å². The van der Waals surface area contributed by atoms with E-state index in [4.69, 9.17) is 12.2 Å². The number of anilines is 1. The van der Waals surface area contributed by atoms with E-state index in [1.807, 2.05) is 30.5 Å². The van der Waals surface area contributed by atoms with Crippen LogP contribution in [0, 0.1) is 6.92 Å². The molecule has 31 heavy (non-hydrogen) atoms. The molecule has 0 radical (unpaired) electrons. The average Bonchev–Trinajstić information content (AvgIpc) is 3.40. The zero-order chi connectivity index (χ0) is 21.4. The van der Waals surface area contributed by atoms with Gasteiger partial charge in [-0.2, -0.15) is 0 Å². The van der Waals surface area contributed by atoms with Gasteiger partial charge in [-0.1, -0.05) is 39.7 Å². The van der Waals surface area contributed by atoms with Crippen LogP contribution in [0.1, 0.15) is 29.0 Å². The smallest absolute Gasteiger partial charge is 0.174 e. The second-order valence-corrected chi connectivity index (χ2v) is 8.91. The molecule has 0 amide bonds. The molecule has 0 saturated carbocycles. The Balaban J connectivity index is 1.66. The average molecular weight is 489 g/mol. The van der Waals surface area contributed by atoms with E-state index in [2.05, 4.69) is 103 Å². The molecule has 6 heteroatoms. The van der Waals surface area contributed by atoms with Gasteiger partial charge in [0.05, 0.1) is 11.7 Å². The topological polar surface area (TPSA) is 33.1 Å². The highest BCUT2D eigenvalue weighted by Gasteiger charge is 2.42. The Morgan fingerprint density at radius 1 is 0.903 bits per heavy atom. The molecule has 2 atom stereocenters. The van der Waals surface area contributed by atoms with Gasteiger partial charge in [0.1, 0.15) is 6.04 Å². The SMILES string of the molecule is Cc1ccc(-n2cccc2[C@@H]2[C@H](c3ccccn3)NC(=S)N2c2ccc(Br)cc2)cc1. The minimum absolute atomic E-state index is 0.0557. The molecule has 0 aliphatic carbocycles. The largest absolute Gasteiger partial charge is 0.351 e. The van der Waals surface area contributed by atoms with E-state index in [-0.39, 0.29) is 12.1 Å². The van der Waals surface area contributed by atoms with Crippen molar-refractivity contribution in [2.75, 3.05) is 4.90 Å². The lowest BCUT2D eigenvalue weighted by atomic mass is 10.0. The summed E-state index contributed by atoms with van der Waals surface area (Å²) in [6.07, 6.45) is 3.94. The van der Waals surface area contributed by atoms with Crippen LogP contribution < -0.4 is 10.2 Å². The number of thiocarbonyl (C=S) groups is 1. The number of benzene rings is 2. The highest BCUT2D eigenvalue weighted by molar-refractivity contribution is 9.10. The molecule has 4 nitrogen and oxygen atoms in total. The van der Waals surface area contributed by atoms with Crippen molar-refractivity contribution < 1.29 is 0 Å². The van der Waals surface area contributed by atoms with Crippen molar-refractivity contribution in [2.24, 2.45) is 0 Å². The first-order valence-corrected chi connectivity index (χ1v) is 11.3. The fourth-order valence-corrected chi connectivity index (χ4v) is 4.72. The second-order valence-electron chi connectivity index (χ2n) is 7.61. The first-order valence-electron chi connectivity index (χ1n) is 10.1. The number of aromatic nitrogens is 2. The molecule has 0 bridgehead atoms. The van der Waals surface area contributed by atoms with Crippen LogP contribution in [0.25, 0.3) is 5.69 Å². The molecule has 0 spiro atoms. The Bertz CT molecular complexity index is 1200. The lowest BCUT2D eigenvalue weighted by Crippen LogP contribution is -2.30. The Hall–Kier alpha value is -2.96. The number of nitrogens with one attached hydrogen (secondary N) is 1. The van der Waals surface area contributed by atoms with Gasteiger partial charge in [-0.05, 0) is 79.8 Å². The number of hydrogen-bond acceptors (Lipinski definition) is 2. The molecule has 2 aromatic heterocycles. The summed E-state index contributed by atoms with van der Waals surface area (Å²) in [4.78, 5) is 6.84. The van der Waals surface area contributed by atoms with E-state index in [1.165, 1.54) is 5.56 Å². The van der Waals surface area contributed by atoms with Gasteiger partial charge >= 0.3 is 0 Å². The quantitative estimate of drug-likeness (QED) is 0.350. The summed E-state index contributed by atoms with van der Waals surface area (Å²) in [7, 11) is 0. The van der Waals surface area contributed by atoms with Crippen LogP contribution in [-0.4, -0.2) is 14.7 Å². The molecule has 1 fully saturated rings. The van der Waals surface area contributed by atoms with Crippen molar-refractivity contribution >= 4 is 38.9 Å². The lowest BCUT2D eigenvalue weighted by molar-refractivity contribution is 0.549. The van der Waals surface area contributed by atoms with Crippen LogP contribution in [0.15, 0.2) is 95.7 Å². The van der Waals surface area contributed by atoms with Gasteiger partial charge in [-0.25, -0.2) is 0 Å². The molecule has 0 unspecified atom stereocenters. The Labute approximate surface area is 195 Å². The van der Waals surface area contributed by atoms with Crippen molar-refractivity contribution in [1.29, 1.82) is 0 Å². The third kappa shape index (κ3) is 3.77. The summed E-state index contributed by atoms with van der Waals surface area (Å²) in [5.41, 5.74) is 5.52. The highest BCUT2D eigenvalue weighted by Crippen LogP contribution is 2.42. The molecule has 5 rings (SSSR count). The van der Waals surface area contributed by atoms with Gasteiger partial charge in [0.2, 0.25) is 0 Å². The van der Waals surface area contributed by atoms with Gasteiger partial charge in [-0.3, -0.25) is 4.98 Å². The molecule has 1 saturated heterocycles. The van der Waals surface area contributed by atoms with E-state index >= 15 is 0 Å². The summed E-state index contributed by atoms with van der Waals surface area (Å²) in [5, 5.41) is 4.22. The van der Waals surface area contributed by atoms with Crippen molar-refractivity contribution in [2.45, 2.75) is 19.0 Å².